The smallest absolute Gasteiger partial charge is 0.166 e. The molecule has 1 aromatic rings. The summed E-state index contributed by atoms with van der Waals surface area (Å²) in [6.07, 6.45) is -2.49. The number of benzene rings is 1. The van der Waals surface area contributed by atoms with Gasteiger partial charge < -0.3 is 0 Å². The van der Waals surface area contributed by atoms with E-state index in [1.54, 1.807) is 12.3 Å². The molecule has 0 saturated carbocycles. The van der Waals surface area contributed by atoms with Gasteiger partial charge in [0.2, 0.25) is 0 Å². The van der Waals surface area contributed by atoms with Gasteiger partial charge in [-0.05, 0) is 30.9 Å². The van der Waals surface area contributed by atoms with E-state index < -0.39 is 11.7 Å². The summed E-state index contributed by atoms with van der Waals surface area (Å²) in [6.45, 7) is 1.47. The van der Waals surface area contributed by atoms with Crippen LogP contribution < -0.4 is 0 Å². The van der Waals surface area contributed by atoms with Crippen LogP contribution in [0.4, 0.5) is 13.2 Å². The summed E-state index contributed by atoms with van der Waals surface area (Å²) in [7, 11) is 0. The minimum Gasteiger partial charge on any atom is -0.166 e. The van der Waals surface area contributed by atoms with Crippen molar-refractivity contribution in [1.29, 1.82) is 0 Å². The minimum absolute atomic E-state index is 0.269. The van der Waals surface area contributed by atoms with Crippen molar-refractivity contribution in [2.75, 3.05) is 6.26 Å². The highest BCUT2D eigenvalue weighted by atomic mass is 32.2. The molecule has 0 atom stereocenters. The Morgan fingerprint density at radius 1 is 1.23 bits per heavy atom. The Labute approximate surface area is 79.1 Å². The monoisotopic (exact) mass is 206 g/mol. The minimum atomic E-state index is -4.24. The molecule has 0 aliphatic rings. The molecule has 0 N–H and O–H groups in total. The summed E-state index contributed by atoms with van der Waals surface area (Å²) in [5.74, 6) is 0. The van der Waals surface area contributed by atoms with Crippen LogP contribution in [0.3, 0.4) is 0 Å². The summed E-state index contributed by atoms with van der Waals surface area (Å²) >= 11 is 1.31. The van der Waals surface area contributed by atoms with Gasteiger partial charge in [-0.3, -0.25) is 0 Å². The van der Waals surface area contributed by atoms with Gasteiger partial charge >= 0.3 is 6.18 Å². The molecule has 0 radical (unpaired) electrons. The van der Waals surface area contributed by atoms with Gasteiger partial charge in [0.1, 0.15) is 0 Å². The average Bonchev–Trinajstić information content (AvgIpc) is 2.03. The molecule has 0 aromatic heterocycles. The van der Waals surface area contributed by atoms with Crippen LogP contribution in [0.5, 0.6) is 0 Å². The summed E-state index contributed by atoms with van der Waals surface area (Å²) in [6, 6.07) is 4.36. The predicted octanol–water partition coefficient (Wildman–Crippen LogP) is 3.74. The highest BCUT2D eigenvalue weighted by molar-refractivity contribution is 7.98. The quantitative estimate of drug-likeness (QED) is 0.631. The van der Waals surface area contributed by atoms with Crippen molar-refractivity contribution in [1.82, 2.24) is 0 Å². The molecule has 1 rings (SSSR count). The number of thioether (sulfide) groups is 1. The maximum absolute atomic E-state index is 12.4. The third-order valence-electron chi connectivity index (χ3n) is 1.75. The second kappa shape index (κ2) is 3.62. The second-order valence-corrected chi connectivity index (χ2v) is 3.56. The summed E-state index contributed by atoms with van der Waals surface area (Å²) in [5.41, 5.74) is -0.273. The first-order chi connectivity index (χ1) is 5.95. The van der Waals surface area contributed by atoms with Gasteiger partial charge in [-0.25, -0.2) is 0 Å². The maximum Gasteiger partial charge on any atom is 0.416 e. The number of aryl methyl sites for hydroxylation is 1. The topological polar surface area (TPSA) is 0 Å². The first kappa shape index (κ1) is 10.4. The number of alkyl halides is 3. The molecule has 4 heteroatoms. The van der Waals surface area contributed by atoms with Gasteiger partial charge in [-0.15, -0.1) is 11.8 Å². The summed E-state index contributed by atoms with van der Waals surface area (Å²) in [5, 5.41) is 0. The molecule has 0 saturated heterocycles. The largest absolute Gasteiger partial charge is 0.416 e. The van der Waals surface area contributed by atoms with Crippen LogP contribution in [0.2, 0.25) is 0 Å². The second-order valence-electron chi connectivity index (χ2n) is 2.68. The lowest BCUT2D eigenvalue weighted by Crippen LogP contribution is -2.07. The van der Waals surface area contributed by atoms with E-state index in [9.17, 15) is 13.2 Å². The molecule has 0 aliphatic carbocycles. The molecule has 0 fully saturated rings. The van der Waals surface area contributed by atoms with Crippen molar-refractivity contribution >= 4 is 11.8 Å². The molecule has 13 heavy (non-hydrogen) atoms. The van der Waals surface area contributed by atoms with E-state index in [-0.39, 0.29) is 5.56 Å². The Kier molecular flexibility index (Phi) is 2.91. The van der Waals surface area contributed by atoms with Gasteiger partial charge in [-0.1, -0.05) is 6.07 Å². The van der Waals surface area contributed by atoms with E-state index >= 15 is 0 Å². The Hall–Kier alpha value is -0.640. The lowest BCUT2D eigenvalue weighted by atomic mass is 10.1. The third-order valence-corrected chi connectivity index (χ3v) is 2.48. The molecule has 72 valence electrons. The lowest BCUT2D eigenvalue weighted by Gasteiger charge is -2.10. The highest BCUT2D eigenvalue weighted by Crippen LogP contribution is 2.33. The lowest BCUT2D eigenvalue weighted by molar-refractivity contribution is -0.138. The molecule has 0 nitrogen and oxygen atoms in total. The van der Waals surface area contributed by atoms with Crippen molar-refractivity contribution in [2.45, 2.75) is 18.0 Å². The van der Waals surface area contributed by atoms with Crippen LogP contribution in [0, 0.1) is 6.92 Å². The normalized spacial score (nSPS) is 11.8. The van der Waals surface area contributed by atoms with Gasteiger partial charge in [-0.2, -0.15) is 13.2 Å². The fraction of sp³-hybridized carbons (Fsp3) is 0.333. The van der Waals surface area contributed by atoms with Crippen molar-refractivity contribution in [2.24, 2.45) is 0 Å². The van der Waals surface area contributed by atoms with Crippen LogP contribution in [0.15, 0.2) is 23.1 Å². The van der Waals surface area contributed by atoms with Crippen LogP contribution in [0.1, 0.15) is 11.1 Å². The average molecular weight is 206 g/mol. The molecule has 0 heterocycles. The molecule has 0 unspecified atom stereocenters. The zero-order valence-corrected chi connectivity index (χ0v) is 8.09. The van der Waals surface area contributed by atoms with E-state index in [1.807, 2.05) is 0 Å². The third kappa shape index (κ3) is 2.40. The fourth-order valence-corrected chi connectivity index (χ4v) is 1.47. The number of hydrogen-bond acceptors (Lipinski definition) is 1. The van der Waals surface area contributed by atoms with E-state index in [0.29, 0.717) is 4.90 Å². The first-order valence-corrected chi connectivity index (χ1v) is 4.89. The van der Waals surface area contributed by atoms with Crippen LogP contribution >= 0.6 is 11.8 Å². The van der Waals surface area contributed by atoms with Crippen LogP contribution in [-0.4, -0.2) is 6.26 Å². The number of halogens is 3. The maximum atomic E-state index is 12.4. The Bertz CT molecular complexity index is 304. The standard InChI is InChI=1S/C9H9F3S/c1-6-3-4-7(13-2)5-8(6)9(10,11)12/h3-5H,1-2H3. The van der Waals surface area contributed by atoms with Gasteiger partial charge in [0.25, 0.3) is 0 Å². The molecule has 1 aromatic carbocycles. The van der Waals surface area contributed by atoms with E-state index in [1.165, 1.54) is 30.8 Å². The van der Waals surface area contributed by atoms with Gasteiger partial charge in [0.15, 0.2) is 0 Å². The van der Waals surface area contributed by atoms with Crippen molar-refractivity contribution in [3.05, 3.63) is 29.3 Å². The Balaban J connectivity index is 3.19. The molecule has 0 amide bonds. The Morgan fingerprint density at radius 3 is 2.31 bits per heavy atom. The zero-order valence-electron chi connectivity index (χ0n) is 7.27. The summed E-state index contributed by atoms with van der Waals surface area (Å²) < 4.78 is 37.1. The molecule has 0 aliphatic heterocycles. The van der Waals surface area contributed by atoms with Crippen molar-refractivity contribution in [3.8, 4) is 0 Å². The fourth-order valence-electron chi connectivity index (χ4n) is 1.03. The van der Waals surface area contributed by atoms with E-state index in [0.717, 1.165) is 0 Å². The number of hydrogen-bond donors (Lipinski definition) is 0. The van der Waals surface area contributed by atoms with Gasteiger partial charge in [0.05, 0.1) is 5.56 Å². The predicted molar refractivity (Wildman–Crippen MR) is 48.0 cm³/mol. The molecule has 0 spiro atoms. The van der Waals surface area contributed by atoms with E-state index in [2.05, 4.69) is 0 Å². The Morgan fingerprint density at radius 2 is 1.85 bits per heavy atom. The molecular weight excluding hydrogens is 197 g/mol. The number of rotatable bonds is 1. The molecule has 0 bridgehead atoms. The molecular formula is C9H9F3S. The van der Waals surface area contributed by atoms with Crippen LogP contribution in [0.25, 0.3) is 0 Å². The van der Waals surface area contributed by atoms with Crippen molar-refractivity contribution in [3.63, 3.8) is 0 Å². The SMILES string of the molecule is CSc1ccc(C)c(C(F)(F)F)c1. The van der Waals surface area contributed by atoms with E-state index in [4.69, 9.17) is 0 Å². The van der Waals surface area contributed by atoms with Crippen LogP contribution in [-0.2, 0) is 6.18 Å². The highest BCUT2D eigenvalue weighted by Gasteiger charge is 2.32. The first-order valence-electron chi connectivity index (χ1n) is 3.67. The summed E-state index contributed by atoms with van der Waals surface area (Å²) in [4.78, 5) is 0.637. The van der Waals surface area contributed by atoms with Crippen molar-refractivity contribution < 1.29 is 13.2 Å². The van der Waals surface area contributed by atoms with Gasteiger partial charge in [0, 0.05) is 4.90 Å². The zero-order chi connectivity index (χ0) is 10.1.